The minimum atomic E-state index is -0.0875. The maximum Gasteiger partial charge on any atom is 0.119 e. The maximum atomic E-state index is 9.00. The van der Waals surface area contributed by atoms with Crippen LogP contribution in [-0.2, 0) is 6.61 Å². The van der Waals surface area contributed by atoms with E-state index in [1.165, 1.54) is 0 Å². The fourth-order valence-corrected chi connectivity index (χ4v) is 1.69. The molecule has 0 saturated heterocycles. The quantitative estimate of drug-likeness (QED) is 0.801. The Morgan fingerprint density at radius 3 is 2.93 bits per heavy atom. The number of ether oxygens (including phenoxy) is 1. The molecule has 1 aromatic carbocycles. The van der Waals surface area contributed by atoms with Crippen LogP contribution in [0.15, 0.2) is 18.2 Å². The lowest BCUT2D eigenvalue weighted by Gasteiger charge is -1.98. The molecule has 4 heteroatoms. The molecule has 0 atom stereocenters. The normalized spacial score (nSPS) is 10.8. The molecule has 2 aromatic rings. The average molecular weight is 212 g/mol. The van der Waals surface area contributed by atoms with Crippen LogP contribution >= 0.6 is 11.6 Å². The van der Waals surface area contributed by atoms with E-state index in [1.54, 1.807) is 7.11 Å². The third-order valence-corrected chi connectivity index (χ3v) is 2.60. The molecule has 3 nitrogen and oxygen atoms in total. The van der Waals surface area contributed by atoms with E-state index in [9.17, 15) is 0 Å². The van der Waals surface area contributed by atoms with Gasteiger partial charge in [-0.25, -0.2) is 0 Å². The van der Waals surface area contributed by atoms with Gasteiger partial charge >= 0.3 is 0 Å². The Morgan fingerprint density at radius 2 is 2.29 bits per heavy atom. The van der Waals surface area contributed by atoms with E-state index >= 15 is 0 Å². The zero-order valence-corrected chi connectivity index (χ0v) is 8.43. The Hall–Kier alpha value is -1.19. The first-order chi connectivity index (χ1) is 6.76. The van der Waals surface area contributed by atoms with Crippen molar-refractivity contribution < 1.29 is 9.84 Å². The second kappa shape index (κ2) is 3.52. The highest BCUT2D eigenvalue weighted by atomic mass is 35.5. The smallest absolute Gasteiger partial charge is 0.119 e. The largest absolute Gasteiger partial charge is 0.497 e. The summed E-state index contributed by atoms with van der Waals surface area (Å²) in [4.78, 5) is 3.03. The van der Waals surface area contributed by atoms with E-state index < -0.39 is 0 Å². The molecular weight excluding hydrogens is 202 g/mol. The van der Waals surface area contributed by atoms with Gasteiger partial charge in [-0.05, 0) is 18.2 Å². The van der Waals surface area contributed by atoms with Crippen LogP contribution in [0.1, 0.15) is 5.69 Å². The molecule has 1 heterocycles. The number of hydrogen-bond donors (Lipinski definition) is 2. The minimum absolute atomic E-state index is 0.0875. The van der Waals surface area contributed by atoms with Crippen molar-refractivity contribution in [3.05, 3.63) is 28.9 Å². The summed E-state index contributed by atoms with van der Waals surface area (Å²) in [6.07, 6.45) is 0. The number of H-pyrrole nitrogens is 1. The molecule has 0 bridgehead atoms. The summed E-state index contributed by atoms with van der Waals surface area (Å²) in [7, 11) is 1.61. The number of rotatable bonds is 2. The summed E-state index contributed by atoms with van der Waals surface area (Å²) in [6, 6.07) is 5.56. The van der Waals surface area contributed by atoms with Crippen LogP contribution in [-0.4, -0.2) is 17.2 Å². The van der Waals surface area contributed by atoms with Gasteiger partial charge in [0.05, 0.1) is 24.4 Å². The molecular formula is C10H10ClNO2. The van der Waals surface area contributed by atoms with E-state index in [0.29, 0.717) is 10.7 Å². The molecule has 0 aliphatic carbocycles. The highest BCUT2D eigenvalue weighted by Gasteiger charge is 2.08. The van der Waals surface area contributed by atoms with Crippen LogP contribution < -0.4 is 4.74 Å². The Labute approximate surface area is 86.3 Å². The lowest BCUT2D eigenvalue weighted by atomic mass is 10.2. The number of benzene rings is 1. The summed E-state index contributed by atoms with van der Waals surface area (Å²) in [6.45, 7) is -0.0875. The Bertz CT molecular complexity index is 464. The molecule has 0 unspecified atom stereocenters. The van der Waals surface area contributed by atoms with Gasteiger partial charge in [0.15, 0.2) is 0 Å². The molecule has 0 amide bonds. The van der Waals surface area contributed by atoms with Crippen LogP contribution in [0.3, 0.4) is 0 Å². The van der Waals surface area contributed by atoms with E-state index in [-0.39, 0.29) is 6.61 Å². The number of halogens is 1. The molecule has 0 aliphatic heterocycles. The number of aromatic nitrogens is 1. The number of methoxy groups -OCH3 is 1. The highest BCUT2D eigenvalue weighted by molar-refractivity contribution is 6.36. The third kappa shape index (κ3) is 1.35. The zero-order valence-electron chi connectivity index (χ0n) is 7.67. The van der Waals surface area contributed by atoms with Gasteiger partial charge in [0.1, 0.15) is 5.75 Å². The summed E-state index contributed by atoms with van der Waals surface area (Å²) in [5.74, 6) is 0.753. The van der Waals surface area contributed by atoms with Gasteiger partial charge in [-0.3, -0.25) is 0 Å². The fourth-order valence-electron chi connectivity index (χ4n) is 1.43. The highest BCUT2D eigenvalue weighted by Crippen LogP contribution is 2.30. The second-order valence-corrected chi connectivity index (χ2v) is 3.37. The van der Waals surface area contributed by atoms with Crippen LogP contribution in [0.25, 0.3) is 10.9 Å². The molecule has 14 heavy (non-hydrogen) atoms. The van der Waals surface area contributed by atoms with Crippen LogP contribution in [0.5, 0.6) is 5.75 Å². The summed E-state index contributed by atoms with van der Waals surface area (Å²) < 4.78 is 5.09. The molecule has 0 aliphatic rings. The van der Waals surface area contributed by atoms with Crippen molar-refractivity contribution in [1.29, 1.82) is 0 Å². The van der Waals surface area contributed by atoms with Crippen molar-refractivity contribution in [2.75, 3.05) is 7.11 Å². The van der Waals surface area contributed by atoms with E-state index in [4.69, 9.17) is 21.4 Å². The maximum absolute atomic E-state index is 9.00. The van der Waals surface area contributed by atoms with E-state index in [1.807, 2.05) is 18.2 Å². The summed E-state index contributed by atoms with van der Waals surface area (Å²) >= 11 is 6.04. The molecule has 0 spiro atoms. The molecule has 0 fully saturated rings. The number of aliphatic hydroxyl groups excluding tert-OH is 1. The van der Waals surface area contributed by atoms with E-state index in [2.05, 4.69) is 4.98 Å². The topological polar surface area (TPSA) is 45.2 Å². The molecule has 1 aromatic heterocycles. The Balaban J connectivity index is 2.68. The van der Waals surface area contributed by atoms with Gasteiger partial charge in [0.25, 0.3) is 0 Å². The lowest BCUT2D eigenvalue weighted by molar-refractivity contribution is 0.278. The number of hydrogen-bond acceptors (Lipinski definition) is 2. The molecule has 74 valence electrons. The Kier molecular flexibility index (Phi) is 2.35. The van der Waals surface area contributed by atoms with Gasteiger partial charge in [-0.15, -0.1) is 0 Å². The monoisotopic (exact) mass is 211 g/mol. The van der Waals surface area contributed by atoms with Crippen molar-refractivity contribution in [3.63, 3.8) is 0 Å². The van der Waals surface area contributed by atoms with Gasteiger partial charge in [-0.1, -0.05) is 11.6 Å². The van der Waals surface area contributed by atoms with E-state index in [0.717, 1.165) is 16.7 Å². The summed E-state index contributed by atoms with van der Waals surface area (Å²) in [5, 5.41) is 10.4. The predicted molar refractivity (Wildman–Crippen MR) is 55.8 cm³/mol. The zero-order chi connectivity index (χ0) is 10.1. The average Bonchev–Trinajstić information content (AvgIpc) is 2.55. The second-order valence-electron chi connectivity index (χ2n) is 2.99. The van der Waals surface area contributed by atoms with Crippen LogP contribution in [0, 0.1) is 0 Å². The third-order valence-electron chi connectivity index (χ3n) is 2.17. The Morgan fingerprint density at radius 1 is 1.50 bits per heavy atom. The summed E-state index contributed by atoms with van der Waals surface area (Å²) in [5.41, 5.74) is 1.54. The SMILES string of the molecule is COc1ccc2[nH]c(CO)c(Cl)c2c1. The van der Waals surface area contributed by atoms with Gasteiger partial charge in [0, 0.05) is 10.9 Å². The standard InChI is InChI=1S/C10H10ClNO2/c1-14-6-2-3-8-7(4-6)10(11)9(5-13)12-8/h2-4,12-13H,5H2,1H3. The van der Waals surface area contributed by atoms with Crippen molar-refractivity contribution in [1.82, 2.24) is 4.98 Å². The lowest BCUT2D eigenvalue weighted by Crippen LogP contribution is -1.81. The van der Waals surface area contributed by atoms with Gasteiger partial charge in [-0.2, -0.15) is 0 Å². The van der Waals surface area contributed by atoms with Crippen molar-refractivity contribution in [2.45, 2.75) is 6.61 Å². The first kappa shape index (κ1) is 9.37. The van der Waals surface area contributed by atoms with Crippen LogP contribution in [0.4, 0.5) is 0 Å². The molecule has 2 N–H and O–H groups in total. The van der Waals surface area contributed by atoms with Gasteiger partial charge in [0.2, 0.25) is 0 Å². The van der Waals surface area contributed by atoms with Gasteiger partial charge < -0.3 is 14.8 Å². The van der Waals surface area contributed by atoms with Crippen molar-refractivity contribution in [2.24, 2.45) is 0 Å². The number of nitrogens with one attached hydrogen (secondary N) is 1. The first-order valence-electron chi connectivity index (χ1n) is 4.21. The molecule has 0 saturated carbocycles. The van der Waals surface area contributed by atoms with Crippen LogP contribution in [0.2, 0.25) is 5.02 Å². The van der Waals surface area contributed by atoms with Crippen molar-refractivity contribution >= 4 is 22.5 Å². The number of aromatic amines is 1. The molecule has 2 rings (SSSR count). The fraction of sp³-hybridized carbons (Fsp3) is 0.200. The minimum Gasteiger partial charge on any atom is -0.497 e. The number of aliphatic hydroxyl groups is 1. The number of fused-ring (bicyclic) bond motifs is 1. The van der Waals surface area contributed by atoms with Crippen molar-refractivity contribution in [3.8, 4) is 5.75 Å². The first-order valence-corrected chi connectivity index (χ1v) is 4.59. The predicted octanol–water partition coefficient (Wildman–Crippen LogP) is 2.32. The molecule has 0 radical (unpaired) electrons.